The highest BCUT2D eigenvalue weighted by Gasteiger charge is 2.06. The Balaban J connectivity index is 2.38. The molecule has 1 rings (SSSR count). The average Bonchev–Trinajstić information content (AvgIpc) is 2.46. The number of nitrogens with one attached hydrogen (secondary N) is 3. The van der Waals surface area contributed by atoms with Gasteiger partial charge in [-0.3, -0.25) is 9.79 Å². The third-order valence-electron chi connectivity index (χ3n) is 3.02. The first kappa shape index (κ1) is 18.5. The van der Waals surface area contributed by atoms with Gasteiger partial charge in [0.2, 0.25) is 5.91 Å². The molecule has 0 aliphatic rings. The topological polar surface area (TPSA) is 65.5 Å². The number of benzene rings is 1. The van der Waals surface area contributed by atoms with Crippen LogP contribution in [-0.2, 0) is 4.79 Å². The number of guanidine groups is 1. The molecule has 0 aromatic heterocycles. The van der Waals surface area contributed by atoms with Crippen LogP contribution in [0.2, 0.25) is 0 Å². The van der Waals surface area contributed by atoms with Gasteiger partial charge >= 0.3 is 0 Å². The molecular formula is C16H25BrN4O. The standard InChI is InChI=1S/C16H25BrN4O/c1-11(2)10-20-16(18-4)19-8-7-15(22)21-14-9-13(17)6-5-12(14)3/h5-6,9,11H,7-8,10H2,1-4H3,(H,21,22)(H2,18,19,20). The molecule has 0 aliphatic heterocycles. The lowest BCUT2D eigenvalue weighted by Crippen LogP contribution is -2.40. The number of aryl methyl sites for hydroxylation is 1. The largest absolute Gasteiger partial charge is 0.356 e. The number of nitrogens with zero attached hydrogens (tertiary/aromatic N) is 1. The number of amides is 1. The van der Waals surface area contributed by atoms with E-state index in [1.807, 2.05) is 25.1 Å². The maximum Gasteiger partial charge on any atom is 0.226 e. The van der Waals surface area contributed by atoms with E-state index >= 15 is 0 Å². The Kier molecular flexibility index (Phi) is 7.95. The molecule has 0 bridgehead atoms. The van der Waals surface area contributed by atoms with E-state index in [4.69, 9.17) is 0 Å². The normalized spacial score (nSPS) is 11.5. The van der Waals surface area contributed by atoms with Crippen LogP contribution in [0.4, 0.5) is 5.69 Å². The van der Waals surface area contributed by atoms with Crippen molar-refractivity contribution in [1.29, 1.82) is 0 Å². The lowest BCUT2D eigenvalue weighted by atomic mass is 10.2. The summed E-state index contributed by atoms with van der Waals surface area (Å²) >= 11 is 3.41. The SMILES string of the molecule is CN=C(NCCC(=O)Nc1cc(Br)ccc1C)NCC(C)C. The summed E-state index contributed by atoms with van der Waals surface area (Å²) in [6, 6.07) is 5.83. The highest BCUT2D eigenvalue weighted by Crippen LogP contribution is 2.20. The predicted molar refractivity (Wildman–Crippen MR) is 96.3 cm³/mol. The summed E-state index contributed by atoms with van der Waals surface area (Å²) in [4.78, 5) is 16.1. The van der Waals surface area contributed by atoms with E-state index in [2.05, 4.69) is 50.7 Å². The number of hydrogen-bond acceptors (Lipinski definition) is 2. The molecule has 0 saturated carbocycles. The van der Waals surface area contributed by atoms with E-state index < -0.39 is 0 Å². The Morgan fingerprint density at radius 1 is 1.32 bits per heavy atom. The first-order valence-electron chi connectivity index (χ1n) is 7.43. The van der Waals surface area contributed by atoms with Gasteiger partial charge in [-0.25, -0.2) is 0 Å². The van der Waals surface area contributed by atoms with Crippen molar-refractivity contribution in [3.63, 3.8) is 0 Å². The van der Waals surface area contributed by atoms with Crippen molar-refractivity contribution in [3.05, 3.63) is 28.2 Å². The maximum atomic E-state index is 12.0. The fourth-order valence-electron chi connectivity index (χ4n) is 1.76. The molecule has 0 aliphatic carbocycles. The fraction of sp³-hybridized carbons (Fsp3) is 0.500. The summed E-state index contributed by atoms with van der Waals surface area (Å²) in [5, 5.41) is 9.27. The maximum absolute atomic E-state index is 12.0. The van der Waals surface area contributed by atoms with Gasteiger partial charge in [-0.1, -0.05) is 35.8 Å². The van der Waals surface area contributed by atoms with Gasteiger partial charge in [-0.15, -0.1) is 0 Å². The van der Waals surface area contributed by atoms with E-state index in [-0.39, 0.29) is 5.91 Å². The number of hydrogen-bond donors (Lipinski definition) is 3. The number of anilines is 1. The van der Waals surface area contributed by atoms with Gasteiger partial charge in [0.1, 0.15) is 0 Å². The van der Waals surface area contributed by atoms with Crippen LogP contribution in [-0.4, -0.2) is 32.0 Å². The molecule has 1 aromatic carbocycles. The molecule has 0 heterocycles. The van der Waals surface area contributed by atoms with Gasteiger partial charge < -0.3 is 16.0 Å². The van der Waals surface area contributed by atoms with Gasteiger partial charge in [0.05, 0.1) is 0 Å². The summed E-state index contributed by atoms with van der Waals surface area (Å²) < 4.78 is 0.949. The molecule has 0 atom stereocenters. The zero-order valence-corrected chi connectivity index (χ0v) is 15.3. The Hall–Kier alpha value is -1.56. The molecule has 1 aromatic rings. The Morgan fingerprint density at radius 2 is 2.05 bits per heavy atom. The van der Waals surface area contributed by atoms with Crippen molar-refractivity contribution in [2.45, 2.75) is 27.2 Å². The van der Waals surface area contributed by atoms with E-state index in [1.54, 1.807) is 7.05 Å². The lowest BCUT2D eigenvalue weighted by Gasteiger charge is -2.13. The van der Waals surface area contributed by atoms with Crippen molar-refractivity contribution in [1.82, 2.24) is 10.6 Å². The molecule has 3 N–H and O–H groups in total. The van der Waals surface area contributed by atoms with Crippen LogP contribution < -0.4 is 16.0 Å². The number of carbonyl (C=O) groups excluding carboxylic acids is 1. The van der Waals surface area contributed by atoms with Gasteiger partial charge in [0.15, 0.2) is 5.96 Å². The summed E-state index contributed by atoms with van der Waals surface area (Å²) in [6.07, 6.45) is 0.383. The van der Waals surface area contributed by atoms with Gasteiger partial charge in [0, 0.05) is 36.7 Å². The molecule has 0 saturated heterocycles. The summed E-state index contributed by atoms with van der Waals surface area (Å²) in [5.74, 6) is 1.24. The minimum atomic E-state index is -0.0204. The summed E-state index contributed by atoms with van der Waals surface area (Å²) in [6.45, 7) is 7.62. The predicted octanol–water partition coefficient (Wildman–Crippen LogP) is 2.91. The van der Waals surface area contributed by atoms with Crippen LogP contribution in [0.15, 0.2) is 27.7 Å². The zero-order valence-electron chi connectivity index (χ0n) is 13.7. The molecule has 0 spiro atoms. The van der Waals surface area contributed by atoms with Crippen LogP contribution in [0.1, 0.15) is 25.8 Å². The van der Waals surface area contributed by atoms with E-state index in [0.29, 0.717) is 18.9 Å². The smallest absolute Gasteiger partial charge is 0.226 e. The molecule has 1 amide bonds. The first-order valence-corrected chi connectivity index (χ1v) is 8.22. The molecule has 0 unspecified atom stereocenters. The van der Waals surface area contributed by atoms with E-state index in [1.165, 1.54) is 0 Å². The van der Waals surface area contributed by atoms with Crippen molar-refractivity contribution in [2.75, 3.05) is 25.5 Å². The van der Waals surface area contributed by atoms with Crippen LogP contribution in [0.5, 0.6) is 0 Å². The number of carbonyl (C=O) groups is 1. The second-order valence-corrected chi connectivity index (χ2v) is 6.45. The second kappa shape index (κ2) is 9.46. The number of aliphatic imine (C=N–C) groups is 1. The van der Waals surface area contributed by atoms with Gasteiger partial charge in [0.25, 0.3) is 0 Å². The molecule has 22 heavy (non-hydrogen) atoms. The Bertz CT molecular complexity index is 529. The third kappa shape index (κ3) is 6.93. The van der Waals surface area contributed by atoms with Crippen molar-refractivity contribution in [3.8, 4) is 0 Å². The molecule has 122 valence electrons. The van der Waals surface area contributed by atoms with Crippen LogP contribution in [0.25, 0.3) is 0 Å². The lowest BCUT2D eigenvalue weighted by molar-refractivity contribution is -0.116. The quantitative estimate of drug-likeness (QED) is 0.534. The van der Waals surface area contributed by atoms with Crippen LogP contribution in [0.3, 0.4) is 0 Å². The second-order valence-electron chi connectivity index (χ2n) is 5.53. The van der Waals surface area contributed by atoms with Crippen LogP contribution in [0, 0.1) is 12.8 Å². The molecule has 5 nitrogen and oxygen atoms in total. The third-order valence-corrected chi connectivity index (χ3v) is 3.51. The monoisotopic (exact) mass is 368 g/mol. The first-order chi connectivity index (χ1) is 10.4. The summed E-state index contributed by atoms with van der Waals surface area (Å²) in [7, 11) is 1.72. The number of halogens is 1. The van der Waals surface area contributed by atoms with Crippen molar-refractivity contribution in [2.24, 2.45) is 10.9 Å². The minimum Gasteiger partial charge on any atom is -0.356 e. The summed E-state index contributed by atoms with van der Waals surface area (Å²) in [5.41, 5.74) is 1.88. The molecule has 0 radical (unpaired) electrons. The molecule has 6 heteroatoms. The average molecular weight is 369 g/mol. The molecule has 0 fully saturated rings. The highest BCUT2D eigenvalue weighted by molar-refractivity contribution is 9.10. The molecular weight excluding hydrogens is 344 g/mol. The Morgan fingerprint density at radius 3 is 2.68 bits per heavy atom. The van der Waals surface area contributed by atoms with E-state index in [0.717, 1.165) is 28.2 Å². The minimum absolute atomic E-state index is 0.0204. The Labute approximate surface area is 141 Å². The van der Waals surface area contributed by atoms with Crippen LogP contribution >= 0.6 is 15.9 Å². The van der Waals surface area contributed by atoms with Crippen molar-refractivity contribution >= 4 is 33.5 Å². The van der Waals surface area contributed by atoms with E-state index in [9.17, 15) is 4.79 Å². The van der Waals surface area contributed by atoms with Gasteiger partial charge in [-0.05, 0) is 30.5 Å². The van der Waals surface area contributed by atoms with Gasteiger partial charge in [-0.2, -0.15) is 0 Å². The number of rotatable bonds is 6. The highest BCUT2D eigenvalue weighted by atomic mass is 79.9. The van der Waals surface area contributed by atoms with Crippen molar-refractivity contribution < 1.29 is 4.79 Å². The fourth-order valence-corrected chi connectivity index (χ4v) is 2.12. The zero-order chi connectivity index (χ0) is 16.5.